The SMILES string of the molecule is CC(C)(C)CCS(=O)(=O)NCCC(C)(C)CCC(=O)O. The molecule has 0 unspecified atom stereocenters. The second kappa shape index (κ2) is 7.41. The van der Waals surface area contributed by atoms with Crippen molar-refractivity contribution in [3.63, 3.8) is 0 Å². The van der Waals surface area contributed by atoms with E-state index < -0.39 is 16.0 Å². The molecule has 0 radical (unpaired) electrons. The molecule has 0 saturated heterocycles. The van der Waals surface area contributed by atoms with Gasteiger partial charge in [-0.25, -0.2) is 13.1 Å². The van der Waals surface area contributed by atoms with Gasteiger partial charge < -0.3 is 5.11 Å². The Kier molecular flexibility index (Phi) is 7.18. The molecule has 0 aliphatic carbocycles. The van der Waals surface area contributed by atoms with Crippen molar-refractivity contribution < 1.29 is 18.3 Å². The summed E-state index contributed by atoms with van der Waals surface area (Å²) in [6, 6.07) is 0. The summed E-state index contributed by atoms with van der Waals surface area (Å²) in [4.78, 5) is 10.5. The fraction of sp³-hybridized carbons (Fsp3) is 0.929. The van der Waals surface area contributed by atoms with Crippen LogP contribution in [-0.2, 0) is 14.8 Å². The summed E-state index contributed by atoms with van der Waals surface area (Å²) in [7, 11) is -3.23. The summed E-state index contributed by atoms with van der Waals surface area (Å²) >= 11 is 0. The third-order valence-corrected chi connectivity index (χ3v) is 4.65. The summed E-state index contributed by atoms with van der Waals surface area (Å²) in [5.41, 5.74) is -0.180. The van der Waals surface area contributed by atoms with Gasteiger partial charge in [-0.15, -0.1) is 0 Å². The van der Waals surface area contributed by atoms with Gasteiger partial charge in [0.05, 0.1) is 5.75 Å². The zero-order chi connectivity index (χ0) is 16.0. The summed E-state index contributed by atoms with van der Waals surface area (Å²) < 4.78 is 26.2. The number of hydrogen-bond donors (Lipinski definition) is 2. The van der Waals surface area contributed by atoms with Crippen molar-refractivity contribution in [1.82, 2.24) is 4.72 Å². The van der Waals surface area contributed by atoms with Crippen LogP contribution in [0.3, 0.4) is 0 Å². The molecule has 0 aromatic rings. The highest BCUT2D eigenvalue weighted by Gasteiger charge is 2.21. The number of hydrogen-bond acceptors (Lipinski definition) is 3. The molecule has 0 fully saturated rings. The van der Waals surface area contributed by atoms with Crippen LogP contribution in [0.5, 0.6) is 0 Å². The van der Waals surface area contributed by atoms with Crippen molar-refractivity contribution in [2.75, 3.05) is 12.3 Å². The van der Waals surface area contributed by atoms with Gasteiger partial charge in [0.2, 0.25) is 10.0 Å². The molecule has 0 rings (SSSR count). The Morgan fingerprint density at radius 1 is 1.05 bits per heavy atom. The van der Waals surface area contributed by atoms with E-state index in [2.05, 4.69) is 4.72 Å². The van der Waals surface area contributed by atoms with Crippen molar-refractivity contribution in [1.29, 1.82) is 0 Å². The second-order valence-electron chi connectivity index (χ2n) is 7.33. The standard InChI is InChI=1S/C14H29NO4S/c1-13(2,3)9-11-20(18,19)15-10-8-14(4,5)7-6-12(16)17/h15H,6-11H2,1-5H3,(H,16,17). The zero-order valence-corrected chi connectivity index (χ0v) is 14.1. The molecule has 0 saturated carbocycles. The van der Waals surface area contributed by atoms with Gasteiger partial charge in [0.25, 0.3) is 0 Å². The number of rotatable bonds is 9. The Bertz CT molecular complexity index is 407. The van der Waals surface area contributed by atoms with Gasteiger partial charge in [-0.05, 0) is 30.1 Å². The number of carboxylic acid groups (broad SMARTS) is 1. The summed E-state index contributed by atoms with van der Waals surface area (Å²) in [5, 5.41) is 8.67. The van der Waals surface area contributed by atoms with Gasteiger partial charge >= 0.3 is 5.97 Å². The van der Waals surface area contributed by atoms with E-state index in [1.165, 1.54) is 0 Å². The molecule has 0 aliphatic rings. The number of nitrogens with one attached hydrogen (secondary N) is 1. The molecule has 0 amide bonds. The van der Waals surface area contributed by atoms with E-state index in [1.807, 2.05) is 34.6 Å². The maximum absolute atomic E-state index is 11.8. The number of carbonyl (C=O) groups is 1. The first kappa shape index (κ1) is 19.4. The largest absolute Gasteiger partial charge is 0.481 e. The Morgan fingerprint density at radius 2 is 1.60 bits per heavy atom. The van der Waals surface area contributed by atoms with Crippen molar-refractivity contribution in [2.24, 2.45) is 10.8 Å². The van der Waals surface area contributed by atoms with Gasteiger partial charge in [0.1, 0.15) is 0 Å². The Hall–Kier alpha value is -0.620. The summed E-state index contributed by atoms with van der Waals surface area (Å²) in [6.45, 7) is 10.3. The lowest BCUT2D eigenvalue weighted by Gasteiger charge is -2.24. The van der Waals surface area contributed by atoms with Gasteiger partial charge in [0, 0.05) is 13.0 Å². The molecule has 0 bridgehead atoms. The Morgan fingerprint density at radius 3 is 2.05 bits per heavy atom. The van der Waals surface area contributed by atoms with Gasteiger partial charge in [-0.3, -0.25) is 4.79 Å². The lowest BCUT2D eigenvalue weighted by molar-refractivity contribution is -0.137. The van der Waals surface area contributed by atoms with E-state index in [0.717, 1.165) is 0 Å². The molecule has 0 aromatic heterocycles. The highest BCUT2D eigenvalue weighted by Crippen LogP contribution is 2.26. The van der Waals surface area contributed by atoms with E-state index in [9.17, 15) is 13.2 Å². The minimum absolute atomic E-state index is 0.00446. The normalized spacial score (nSPS) is 13.4. The first-order valence-corrected chi connectivity index (χ1v) is 8.67. The van der Waals surface area contributed by atoms with Crippen molar-refractivity contribution in [3.05, 3.63) is 0 Å². The first-order chi connectivity index (χ1) is 8.83. The summed E-state index contributed by atoms with van der Waals surface area (Å²) in [5.74, 6) is -0.685. The van der Waals surface area contributed by atoms with E-state index in [-0.39, 0.29) is 23.0 Å². The van der Waals surface area contributed by atoms with Crippen LogP contribution in [0.15, 0.2) is 0 Å². The first-order valence-electron chi connectivity index (χ1n) is 7.02. The molecule has 0 atom stereocenters. The van der Waals surface area contributed by atoms with Crippen LogP contribution < -0.4 is 4.72 Å². The third kappa shape index (κ3) is 11.2. The third-order valence-electron chi connectivity index (χ3n) is 3.26. The zero-order valence-electron chi connectivity index (χ0n) is 13.3. The molecule has 0 aliphatic heterocycles. The van der Waals surface area contributed by atoms with E-state index in [1.54, 1.807) is 0 Å². The van der Waals surface area contributed by atoms with Gasteiger partial charge in [-0.2, -0.15) is 0 Å². The van der Waals surface area contributed by atoms with Gasteiger partial charge in [-0.1, -0.05) is 34.6 Å². The lowest BCUT2D eigenvalue weighted by Crippen LogP contribution is -2.31. The van der Waals surface area contributed by atoms with Crippen LogP contribution in [0.25, 0.3) is 0 Å². The van der Waals surface area contributed by atoms with Crippen LogP contribution >= 0.6 is 0 Å². The fourth-order valence-corrected chi connectivity index (χ4v) is 3.07. The molecule has 2 N–H and O–H groups in total. The Balaban J connectivity index is 4.12. The van der Waals surface area contributed by atoms with Crippen LogP contribution in [-0.4, -0.2) is 31.8 Å². The number of aliphatic carboxylic acids is 1. The molecule has 6 heteroatoms. The van der Waals surface area contributed by atoms with Crippen molar-refractivity contribution in [2.45, 2.75) is 60.3 Å². The number of carboxylic acids is 1. The maximum atomic E-state index is 11.8. The monoisotopic (exact) mass is 307 g/mol. The predicted octanol–water partition coefficient (Wildman–Crippen LogP) is 2.62. The smallest absolute Gasteiger partial charge is 0.303 e. The molecule has 0 spiro atoms. The van der Waals surface area contributed by atoms with Crippen LogP contribution in [0.4, 0.5) is 0 Å². The van der Waals surface area contributed by atoms with E-state index in [4.69, 9.17) is 5.11 Å². The highest BCUT2D eigenvalue weighted by molar-refractivity contribution is 7.89. The van der Waals surface area contributed by atoms with Crippen LogP contribution in [0.1, 0.15) is 60.3 Å². The van der Waals surface area contributed by atoms with E-state index in [0.29, 0.717) is 25.8 Å². The molecule has 120 valence electrons. The average molecular weight is 307 g/mol. The topological polar surface area (TPSA) is 83.5 Å². The minimum atomic E-state index is -3.23. The van der Waals surface area contributed by atoms with Crippen molar-refractivity contribution >= 4 is 16.0 Å². The van der Waals surface area contributed by atoms with Crippen LogP contribution in [0, 0.1) is 10.8 Å². The summed E-state index contributed by atoms with van der Waals surface area (Å²) in [6.07, 6.45) is 1.91. The molecule has 0 heterocycles. The quantitative estimate of drug-likeness (QED) is 0.686. The number of sulfonamides is 1. The lowest BCUT2D eigenvalue weighted by atomic mass is 9.84. The fourth-order valence-electron chi connectivity index (χ4n) is 1.63. The van der Waals surface area contributed by atoms with Crippen LogP contribution in [0.2, 0.25) is 0 Å². The van der Waals surface area contributed by atoms with E-state index >= 15 is 0 Å². The molecular weight excluding hydrogens is 278 g/mol. The minimum Gasteiger partial charge on any atom is -0.481 e. The Labute approximate surface area is 123 Å². The molecular formula is C14H29NO4S. The molecule has 5 nitrogen and oxygen atoms in total. The highest BCUT2D eigenvalue weighted by atomic mass is 32.2. The van der Waals surface area contributed by atoms with Gasteiger partial charge in [0.15, 0.2) is 0 Å². The second-order valence-corrected chi connectivity index (χ2v) is 9.26. The average Bonchev–Trinajstić information content (AvgIpc) is 2.23. The molecule has 20 heavy (non-hydrogen) atoms. The van der Waals surface area contributed by atoms with Crippen molar-refractivity contribution in [3.8, 4) is 0 Å². The molecule has 0 aromatic carbocycles. The maximum Gasteiger partial charge on any atom is 0.303 e. The predicted molar refractivity (Wildman–Crippen MR) is 81.1 cm³/mol.